The highest BCUT2D eigenvalue weighted by Gasteiger charge is 2.30. The molecule has 1 atom stereocenters. The summed E-state index contributed by atoms with van der Waals surface area (Å²) in [6.07, 6.45) is -0.748. The molecule has 0 spiro atoms. The minimum Gasteiger partial charge on any atom is -0.481 e. The minimum absolute atomic E-state index is 0.136. The highest BCUT2D eigenvalue weighted by atomic mass is 35.5. The maximum absolute atomic E-state index is 13.9. The number of piperazine rings is 1. The summed E-state index contributed by atoms with van der Waals surface area (Å²) >= 11 is 5.82. The number of benzene rings is 2. The minimum atomic E-state index is -1.68. The molecule has 0 aromatic heterocycles. The molecular weight excluding hydrogens is 409 g/mol. The zero-order chi connectivity index (χ0) is 21.1. The van der Waals surface area contributed by atoms with E-state index >= 15 is 0 Å². The average molecular weight is 427 g/mol. The highest BCUT2D eigenvalue weighted by Crippen LogP contribution is 2.20. The molecule has 0 aliphatic carbocycles. The molecule has 29 heavy (non-hydrogen) atoms. The molecule has 154 valence electrons. The van der Waals surface area contributed by atoms with Gasteiger partial charge in [0.25, 0.3) is 11.8 Å². The van der Waals surface area contributed by atoms with Crippen LogP contribution in [0.1, 0.15) is 17.3 Å². The van der Waals surface area contributed by atoms with Gasteiger partial charge in [0, 0.05) is 31.2 Å². The predicted molar refractivity (Wildman–Crippen MR) is 100 cm³/mol. The van der Waals surface area contributed by atoms with Crippen LogP contribution in [0.3, 0.4) is 0 Å². The van der Waals surface area contributed by atoms with Crippen molar-refractivity contribution in [3.63, 3.8) is 0 Å². The van der Waals surface area contributed by atoms with Crippen LogP contribution < -0.4 is 4.74 Å². The maximum Gasteiger partial charge on any atom is 0.263 e. The van der Waals surface area contributed by atoms with Crippen LogP contribution in [0.4, 0.5) is 13.2 Å². The summed E-state index contributed by atoms with van der Waals surface area (Å²) in [6.45, 7) is 2.31. The van der Waals surface area contributed by atoms with E-state index in [2.05, 4.69) is 0 Å². The second-order valence-corrected chi connectivity index (χ2v) is 6.99. The summed E-state index contributed by atoms with van der Waals surface area (Å²) in [5.41, 5.74) is -0.539. The quantitative estimate of drug-likeness (QED) is 0.703. The van der Waals surface area contributed by atoms with Gasteiger partial charge in [0.2, 0.25) is 0 Å². The van der Waals surface area contributed by atoms with Gasteiger partial charge >= 0.3 is 0 Å². The Bertz CT molecular complexity index is 916. The maximum atomic E-state index is 13.9. The zero-order valence-corrected chi connectivity index (χ0v) is 16.3. The van der Waals surface area contributed by atoms with E-state index in [4.69, 9.17) is 16.3 Å². The molecule has 2 aromatic carbocycles. The predicted octanol–water partition coefficient (Wildman–Crippen LogP) is 3.51. The molecule has 1 heterocycles. The van der Waals surface area contributed by atoms with E-state index in [0.717, 1.165) is 6.07 Å². The first-order chi connectivity index (χ1) is 13.8. The summed E-state index contributed by atoms with van der Waals surface area (Å²) in [5.74, 6) is -5.07. The van der Waals surface area contributed by atoms with Crippen molar-refractivity contribution < 1.29 is 27.5 Å². The number of ether oxygens (including phenoxy) is 1. The van der Waals surface area contributed by atoms with Gasteiger partial charge in [0.15, 0.2) is 23.6 Å². The van der Waals surface area contributed by atoms with Crippen molar-refractivity contribution in [1.82, 2.24) is 9.80 Å². The van der Waals surface area contributed by atoms with E-state index in [-0.39, 0.29) is 32.1 Å². The van der Waals surface area contributed by atoms with Crippen LogP contribution in [0.5, 0.6) is 5.75 Å². The van der Waals surface area contributed by atoms with Gasteiger partial charge in [-0.2, -0.15) is 0 Å². The number of halogens is 4. The number of hydrogen-bond donors (Lipinski definition) is 0. The zero-order valence-electron chi connectivity index (χ0n) is 15.5. The lowest BCUT2D eigenvalue weighted by Gasteiger charge is -2.36. The van der Waals surface area contributed by atoms with Crippen LogP contribution in [0.15, 0.2) is 36.4 Å². The molecular formula is C20H18ClF3N2O3. The van der Waals surface area contributed by atoms with Crippen molar-refractivity contribution in [2.45, 2.75) is 13.0 Å². The van der Waals surface area contributed by atoms with Crippen molar-refractivity contribution in [2.75, 3.05) is 26.2 Å². The fourth-order valence-electron chi connectivity index (χ4n) is 3.02. The third-order valence-electron chi connectivity index (χ3n) is 4.62. The molecule has 0 radical (unpaired) electrons. The SMILES string of the molecule is CC(Oc1ccc(Cl)cc1)C(=O)N1CCN(C(=O)c2ccc(F)c(F)c2F)CC1. The number of nitrogens with zero attached hydrogens (tertiary/aromatic N) is 2. The summed E-state index contributed by atoms with van der Waals surface area (Å²) in [6, 6.07) is 8.22. The van der Waals surface area contributed by atoms with Crippen LogP contribution in [-0.4, -0.2) is 53.9 Å². The Morgan fingerprint density at radius 1 is 0.931 bits per heavy atom. The molecule has 0 bridgehead atoms. The first-order valence-electron chi connectivity index (χ1n) is 8.91. The Labute approximate surface area is 170 Å². The normalized spacial score (nSPS) is 15.2. The lowest BCUT2D eigenvalue weighted by atomic mass is 10.1. The smallest absolute Gasteiger partial charge is 0.263 e. The Hall–Kier alpha value is -2.74. The van der Waals surface area contributed by atoms with Gasteiger partial charge in [-0.1, -0.05) is 11.6 Å². The molecule has 1 unspecified atom stereocenters. The Kier molecular flexibility index (Phi) is 6.32. The fraction of sp³-hybridized carbons (Fsp3) is 0.300. The van der Waals surface area contributed by atoms with Crippen LogP contribution >= 0.6 is 11.6 Å². The van der Waals surface area contributed by atoms with Crippen LogP contribution in [0.2, 0.25) is 5.02 Å². The van der Waals surface area contributed by atoms with E-state index in [1.165, 1.54) is 9.80 Å². The molecule has 3 rings (SSSR count). The molecule has 2 amide bonds. The Balaban J connectivity index is 1.58. The number of amides is 2. The van der Waals surface area contributed by atoms with E-state index in [1.807, 2.05) is 0 Å². The van der Waals surface area contributed by atoms with Crippen LogP contribution in [0, 0.1) is 17.5 Å². The monoisotopic (exact) mass is 426 g/mol. The molecule has 1 fully saturated rings. The van der Waals surface area contributed by atoms with Gasteiger partial charge < -0.3 is 14.5 Å². The third kappa shape index (κ3) is 4.64. The first-order valence-corrected chi connectivity index (χ1v) is 9.29. The molecule has 1 aliphatic rings. The standard InChI is InChI=1S/C20H18ClF3N2O3/c1-12(29-14-4-2-13(21)3-5-14)19(27)25-8-10-26(11-9-25)20(28)15-6-7-16(22)18(24)17(15)23/h2-7,12H,8-11H2,1H3. The molecule has 0 N–H and O–H groups in total. The molecule has 9 heteroatoms. The molecule has 1 aliphatic heterocycles. The summed E-state index contributed by atoms with van der Waals surface area (Å²) in [4.78, 5) is 27.8. The summed E-state index contributed by atoms with van der Waals surface area (Å²) in [7, 11) is 0. The summed E-state index contributed by atoms with van der Waals surface area (Å²) in [5, 5.41) is 0.551. The van der Waals surface area contributed by atoms with Crippen LogP contribution in [0.25, 0.3) is 0 Å². The van der Waals surface area contributed by atoms with E-state index in [9.17, 15) is 22.8 Å². The van der Waals surface area contributed by atoms with Crippen molar-refractivity contribution >= 4 is 23.4 Å². The second-order valence-electron chi connectivity index (χ2n) is 6.55. The van der Waals surface area contributed by atoms with Gasteiger partial charge in [0.1, 0.15) is 5.75 Å². The first kappa shape index (κ1) is 21.0. The van der Waals surface area contributed by atoms with Gasteiger partial charge in [-0.3, -0.25) is 9.59 Å². The second kappa shape index (κ2) is 8.73. The van der Waals surface area contributed by atoms with Crippen LogP contribution in [-0.2, 0) is 4.79 Å². The summed E-state index contributed by atoms with van der Waals surface area (Å²) < 4.78 is 45.9. The van der Waals surface area contributed by atoms with E-state index < -0.39 is 35.0 Å². The lowest BCUT2D eigenvalue weighted by molar-refractivity contribution is -0.139. The van der Waals surface area contributed by atoms with E-state index in [1.54, 1.807) is 31.2 Å². The lowest BCUT2D eigenvalue weighted by Crippen LogP contribution is -2.53. The van der Waals surface area contributed by atoms with E-state index in [0.29, 0.717) is 16.8 Å². The fourth-order valence-corrected chi connectivity index (χ4v) is 3.14. The highest BCUT2D eigenvalue weighted by molar-refractivity contribution is 6.30. The Morgan fingerprint density at radius 2 is 1.52 bits per heavy atom. The largest absolute Gasteiger partial charge is 0.481 e. The van der Waals surface area contributed by atoms with Gasteiger partial charge in [-0.25, -0.2) is 13.2 Å². The van der Waals surface area contributed by atoms with Crippen molar-refractivity contribution in [1.29, 1.82) is 0 Å². The molecule has 5 nitrogen and oxygen atoms in total. The van der Waals surface area contributed by atoms with Gasteiger partial charge in [-0.05, 0) is 43.3 Å². The number of carbonyl (C=O) groups excluding carboxylic acids is 2. The Morgan fingerprint density at radius 3 is 2.14 bits per heavy atom. The van der Waals surface area contributed by atoms with Crippen molar-refractivity contribution in [3.8, 4) is 5.75 Å². The third-order valence-corrected chi connectivity index (χ3v) is 4.87. The van der Waals surface area contributed by atoms with Crippen molar-refractivity contribution in [3.05, 3.63) is 64.4 Å². The molecule has 2 aromatic rings. The molecule has 1 saturated heterocycles. The van der Waals surface area contributed by atoms with Gasteiger partial charge in [0.05, 0.1) is 5.56 Å². The van der Waals surface area contributed by atoms with Crippen molar-refractivity contribution in [2.24, 2.45) is 0 Å². The number of rotatable bonds is 4. The van der Waals surface area contributed by atoms with Gasteiger partial charge in [-0.15, -0.1) is 0 Å². The average Bonchev–Trinajstić information content (AvgIpc) is 2.73. The topological polar surface area (TPSA) is 49.9 Å². The number of hydrogen-bond acceptors (Lipinski definition) is 3. The number of carbonyl (C=O) groups is 2. The molecule has 0 saturated carbocycles.